The van der Waals surface area contributed by atoms with Gasteiger partial charge < -0.3 is 23.7 Å². The summed E-state index contributed by atoms with van der Waals surface area (Å²) < 4.78 is 63.9. The summed E-state index contributed by atoms with van der Waals surface area (Å²) in [5, 5.41) is 0. The maximum atomic E-state index is 12.3. The van der Waals surface area contributed by atoms with Gasteiger partial charge in [-0.1, -0.05) is 26.5 Å². The van der Waals surface area contributed by atoms with Gasteiger partial charge in [0, 0.05) is 17.2 Å². The Bertz CT molecular complexity index is 850. The summed E-state index contributed by atoms with van der Waals surface area (Å²) in [5.74, 6) is 0.909. The van der Waals surface area contributed by atoms with Crippen LogP contribution in [0.4, 0.5) is 13.2 Å². The SMILES string of the molecule is C=Cc1cc(OCC2COCCO2)nc(-c2ccc(OCC(F)(F)F)cc2)c1OC.CC. The van der Waals surface area contributed by atoms with Gasteiger partial charge in [0.1, 0.15) is 24.2 Å². The van der Waals surface area contributed by atoms with Crippen LogP contribution in [0.1, 0.15) is 19.4 Å². The molecule has 6 nitrogen and oxygen atoms in total. The van der Waals surface area contributed by atoms with Gasteiger partial charge in [-0.05, 0) is 24.3 Å². The third kappa shape index (κ3) is 7.42. The smallest absolute Gasteiger partial charge is 0.422 e. The predicted octanol–water partition coefficient (Wildman–Crippen LogP) is 5.16. The van der Waals surface area contributed by atoms with E-state index in [0.29, 0.717) is 48.3 Å². The van der Waals surface area contributed by atoms with E-state index in [1.54, 1.807) is 24.3 Å². The molecule has 0 radical (unpaired) electrons. The third-order valence-corrected chi connectivity index (χ3v) is 4.23. The maximum Gasteiger partial charge on any atom is 0.422 e. The Morgan fingerprint density at radius 3 is 2.44 bits per heavy atom. The molecule has 2 aromatic rings. The van der Waals surface area contributed by atoms with Gasteiger partial charge in [0.2, 0.25) is 5.88 Å². The molecule has 0 amide bonds. The van der Waals surface area contributed by atoms with Crippen molar-refractivity contribution in [3.05, 3.63) is 42.5 Å². The van der Waals surface area contributed by atoms with Crippen LogP contribution in [0.3, 0.4) is 0 Å². The Balaban J connectivity index is 0.00000176. The summed E-state index contributed by atoms with van der Waals surface area (Å²) in [4.78, 5) is 4.51. The number of nitrogens with zero attached hydrogens (tertiary/aromatic N) is 1. The normalized spacial score (nSPS) is 15.9. The zero-order valence-electron chi connectivity index (χ0n) is 18.4. The van der Waals surface area contributed by atoms with Crippen LogP contribution >= 0.6 is 0 Å². The van der Waals surface area contributed by atoms with Crippen molar-refractivity contribution < 1.29 is 36.9 Å². The highest BCUT2D eigenvalue weighted by atomic mass is 19.4. The minimum atomic E-state index is -4.40. The Morgan fingerprint density at radius 2 is 1.88 bits per heavy atom. The van der Waals surface area contributed by atoms with Gasteiger partial charge >= 0.3 is 6.18 Å². The van der Waals surface area contributed by atoms with Crippen molar-refractivity contribution >= 4 is 6.08 Å². The number of aromatic nitrogens is 1. The maximum absolute atomic E-state index is 12.3. The van der Waals surface area contributed by atoms with Crippen LogP contribution in [-0.4, -0.2) is 57.4 Å². The molecule has 1 aromatic heterocycles. The first-order chi connectivity index (χ1) is 15.4. The number of alkyl halides is 3. The molecule has 1 fully saturated rings. The monoisotopic (exact) mass is 455 g/mol. The van der Waals surface area contributed by atoms with Crippen molar-refractivity contribution in [3.63, 3.8) is 0 Å². The van der Waals surface area contributed by atoms with Gasteiger partial charge in [0.15, 0.2) is 12.4 Å². The molecule has 0 saturated carbocycles. The van der Waals surface area contributed by atoms with E-state index in [-0.39, 0.29) is 18.5 Å². The van der Waals surface area contributed by atoms with Gasteiger partial charge in [-0.15, -0.1) is 0 Å². The van der Waals surface area contributed by atoms with E-state index in [0.717, 1.165) is 0 Å². The van der Waals surface area contributed by atoms with E-state index >= 15 is 0 Å². The molecule has 1 aliphatic heterocycles. The molecule has 2 heterocycles. The predicted molar refractivity (Wildman–Crippen MR) is 115 cm³/mol. The number of benzene rings is 1. The van der Waals surface area contributed by atoms with Crippen LogP contribution in [0.2, 0.25) is 0 Å². The van der Waals surface area contributed by atoms with E-state index in [1.165, 1.54) is 19.2 Å². The van der Waals surface area contributed by atoms with Crippen molar-refractivity contribution in [2.45, 2.75) is 26.1 Å². The van der Waals surface area contributed by atoms with Crippen LogP contribution in [0, 0.1) is 0 Å². The zero-order chi connectivity index (χ0) is 23.6. The number of methoxy groups -OCH3 is 1. The van der Waals surface area contributed by atoms with Gasteiger partial charge in [0.25, 0.3) is 0 Å². The molecule has 0 aliphatic carbocycles. The first-order valence-corrected chi connectivity index (χ1v) is 10.2. The summed E-state index contributed by atoms with van der Waals surface area (Å²) in [6.45, 7) is 8.21. The second-order valence-electron chi connectivity index (χ2n) is 6.44. The molecule has 1 saturated heterocycles. The second kappa shape index (κ2) is 12.3. The summed E-state index contributed by atoms with van der Waals surface area (Å²) in [6, 6.07) is 7.78. The lowest BCUT2D eigenvalue weighted by atomic mass is 10.1. The topological polar surface area (TPSA) is 59.0 Å². The fourth-order valence-corrected chi connectivity index (χ4v) is 2.85. The van der Waals surface area contributed by atoms with Crippen LogP contribution in [-0.2, 0) is 9.47 Å². The van der Waals surface area contributed by atoms with Crippen molar-refractivity contribution in [3.8, 4) is 28.6 Å². The summed E-state index contributed by atoms with van der Waals surface area (Å²) in [6.07, 6.45) is -2.98. The summed E-state index contributed by atoms with van der Waals surface area (Å²) in [5.41, 5.74) is 1.75. The van der Waals surface area contributed by atoms with E-state index < -0.39 is 12.8 Å². The zero-order valence-corrected chi connectivity index (χ0v) is 18.4. The number of ether oxygens (including phenoxy) is 5. The van der Waals surface area contributed by atoms with Gasteiger partial charge in [0.05, 0.1) is 26.9 Å². The van der Waals surface area contributed by atoms with Gasteiger partial charge in [-0.2, -0.15) is 13.2 Å². The number of halogens is 3. The first kappa shape index (κ1) is 25.5. The van der Waals surface area contributed by atoms with Crippen molar-refractivity contribution in [2.24, 2.45) is 0 Å². The molecule has 176 valence electrons. The Morgan fingerprint density at radius 1 is 1.16 bits per heavy atom. The average Bonchev–Trinajstić information content (AvgIpc) is 2.82. The highest BCUT2D eigenvalue weighted by Gasteiger charge is 2.28. The standard InChI is InChI=1S/C21H22F3NO5.C2H6/c1-3-14-10-18(29-12-17-11-27-8-9-28-17)25-19(20(14)26-2)15-4-6-16(7-5-15)30-13-21(22,23)24;1-2/h3-7,10,17H,1,8-9,11-13H2,2H3;1-2H3. The Labute approximate surface area is 185 Å². The molecule has 0 N–H and O–H groups in total. The van der Waals surface area contributed by atoms with E-state index in [9.17, 15) is 13.2 Å². The number of rotatable bonds is 8. The highest BCUT2D eigenvalue weighted by Crippen LogP contribution is 2.35. The van der Waals surface area contributed by atoms with Crippen LogP contribution in [0.15, 0.2) is 36.9 Å². The molecular weight excluding hydrogens is 427 g/mol. The molecule has 1 aromatic carbocycles. The van der Waals surface area contributed by atoms with E-state index in [2.05, 4.69) is 11.6 Å². The summed E-state index contributed by atoms with van der Waals surface area (Å²) >= 11 is 0. The first-order valence-electron chi connectivity index (χ1n) is 10.2. The van der Waals surface area contributed by atoms with Crippen molar-refractivity contribution in [1.29, 1.82) is 0 Å². The number of hydrogen-bond donors (Lipinski definition) is 0. The van der Waals surface area contributed by atoms with E-state index in [4.69, 9.17) is 23.7 Å². The van der Waals surface area contributed by atoms with Gasteiger partial charge in [-0.25, -0.2) is 4.98 Å². The molecule has 0 bridgehead atoms. The minimum Gasteiger partial charge on any atom is -0.494 e. The Hall–Kier alpha value is -2.78. The van der Waals surface area contributed by atoms with Crippen molar-refractivity contribution in [2.75, 3.05) is 40.1 Å². The fourth-order valence-electron chi connectivity index (χ4n) is 2.85. The minimum absolute atomic E-state index is 0.0980. The molecule has 1 atom stereocenters. The largest absolute Gasteiger partial charge is 0.494 e. The molecule has 1 aliphatic rings. The molecule has 9 heteroatoms. The molecule has 1 unspecified atom stereocenters. The van der Waals surface area contributed by atoms with Crippen LogP contribution in [0.5, 0.6) is 17.4 Å². The lowest BCUT2D eigenvalue weighted by molar-refractivity contribution is -0.153. The quantitative estimate of drug-likeness (QED) is 0.548. The van der Waals surface area contributed by atoms with Crippen molar-refractivity contribution in [1.82, 2.24) is 4.98 Å². The molecule has 3 rings (SSSR count). The van der Waals surface area contributed by atoms with Crippen LogP contribution < -0.4 is 14.2 Å². The van der Waals surface area contributed by atoms with E-state index in [1.807, 2.05) is 13.8 Å². The van der Waals surface area contributed by atoms with Crippen LogP contribution in [0.25, 0.3) is 17.3 Å². The summed E-state index contributed by atoms with van der Waals surface area (Å²) in [7, 11) is 1.50. The Kier molecular flexibility index (Phi) is 9.80. The average molecular weight is 455 g/mol. The number of hydrogen-bond acceptors (Lipinski definition) is 6. The lowest BCUT2D eigenvalue weighted by Crippen LogP contribution is -2.33. The lowest BCUT2D eigenvalue weighted by Gasteiger charge is -2.23. The second-order valence-corrected chi connectivity index (χ2v) is 6.44. The molecule has 0 spiro atoms. The van der Waals surface area contributed by atoms with Gasteiger partial charge in [-0.3, -0.25) is 0 Å². The number of pyridine rings is 1. The highest BCUT2D eigenvalue weighted by molar-refractivity contribution is 5.74. The third-order valence-electron chi connectivity index (χ3n) is 4.23. The molecule has 32 heavy (non-hydrogen) atoms. The molecular formula is C23H28F3NO5. The fraction of sp³-hybridized carbons (Fsp3) is 0.435.